The van der Waals surface area contributed by atoms with Crippen LogP contribution >= 0.6 is 11.3 Å². The number of nitrogens with two attached hydrogens (primary N) is 1. The molecule has 3 aromatic rings. The van der Waals surface area contributed by atoms with E-state index in [9.17, 15) is 0 Å². The lowest BCUT2D eigenvalue weighted by molar-refractivity contribution is 0.870. The van der Waals surface area contributed by atoms with Crippen molar-refractivity contribution in [3.8, 4) is 0 Å². The minimum atomic E-state index is -0.0343. The third-order valence-corrected chi connectivity index (χ3v) is 5.00. The molecule has 0 spiro atoms. The van der Waals surface area contributed by atoms with Crippen LogP contribution in [-0.4, -0.2) is 0 Å². The Balaban J connectivity index is 2.10. The molecular weight excluding hydrogens is 262 g/mol. The second-order valence-corrected chi connectivity index (χ2v) is 6.59. The molecular formula is C18H19NS. The molecule has 2 N–H and O–H groups in total. The van der Waals surface area contributed by atoms with Gasteiger partial charge in [0, 0.05) is 9.58 Å². The third kappa shape index (κ3) is 2.26. The van der Waals surface area contributed by atoms with Gasteiger partial charge in [0.05, 0.1) is 6.04 Å². The fraction of sp³-hybridized carbons (Fsp3) is 0.222. The summed E-state index contributed by atoms with van der Waals surface area (Å²) >= 11 is 1.80. The van der Waals surface area contributed by atoms with Crippen LogP contribution in [0.2, 0.25) is 0 Å². The number of hydrogen-bond acceptors (Lipinski definition) is 2. The van der Waals surface area contributed by atoms with Gasteiger partial charge in [-0.1, -0.05) is 35.9 Å². The Morgan fingerprint density at radius 1 is 0.950 bits per heavy atom. The molecule has 20 heavy (non-hydrogen) atoms. The Labute approximate surface area is 124 Å². The number of benzene rings is 2. The maximum absolute atomic E-state index is 6.54. The van der Waals surface area contributed by atoms with Gasteiger partial charge in [-0.2, -0.15) is 0 Å². The lowest BCUT2D eigenvalue weighted by atomic mass is 9.93. The zero-order valence-electron chi connectivity index (χ0n) is 12.1. The van der Waals surface area contributed by atoms with Crippen LogP contribution in [0.25, 0.3) is 10.1 Å². The molecule has 2 aromatic carbocycles. The van der Waals surface area contributed by atoms with Crippen molar-refractivity contribution < 1.29 is 0 Å². The van der Waals surface area contributed by atoms with Crippen LogP contribution in [0.4, 0.5) is 0 Å². The summed E-state index contributed by atoms with van der Waals surface area (Å²) in [6, 6.07) is 15.1. The van der Waals surface area contributed by atoms with Crippen LogP contribution in [0, 0.1) is 20.8 Å². The fourth-order valence-electron chi connectivity index (χ4n) is 2.98. The lowest BCUT2D eigenvalue weighted by Gasteiger charge is -2.17. The third-order valence-electron chi connectivity index (χ3n) is 3.80. The second kappa shape index (κ2) is 5.04. The topological polar surface area (TPSA) is 26.0 Å². The average Bonchev–Trinajstić information content (AvgIpc) is 2.81. The largest absolute Gasteiger partial charge is 0.320 e. The van der Waals surface area contributed by atoms with Crippen molar-refractivity contribution in [1.29, 1.82) is 0 Å². The van der Waals surface area contributed by atoms with Crippen LogP contribution in [0.3, 0.4) is 0 Å². The molecule has 0 radical (unpaired) electrons. The highest BCUT2D eigenvalue weighted by molar-refractivity contribution is 7.19. The Bertz CT molecular complexity index is 714. The van der Waals surface area contributed by atoms with Gasteiger partial charge in [-0.05, 0) is 55.0 Å². The normalized spacial score (nSPS) is 12.8. The van der Waals surface area contributed by atoms with Gasteiger partial charge in [-0.15, -0.1) is 11.3 Å². The zero-order chi connectivity index (χ0) is 14.3. The van der Waals surface area contributed by atoms with Crippen LogP contribution in [0.5, 0.6) is 0 Å². The molecule has 0 bridgehead atoms. The van der Waals surface area contributed by atoms with Crippen molar-refractivity contribution in [3.63, 3.8) is 0 Å². The Kier molecular flexibility index (Phi) is 3.36. The van der Waals surface area contributed by atoms with E-state index in [0.29, 0.717) is 0 Å². The van der Waals surface area contributed by atoms with Crippen molar-refractivity contribution >= 4 is 21.4 Å². The van der Waals surface area contributed by atoms with E-state index in [1.54, 1.807) is 11.3 Å². The van der Waals surface area contributed by atoms with E-state index in [0.717, 1.165) is 0 Å². The first kappa shape index (κ1) is 13.3. The number of rotatable bonds is 2. The van der Waals surface area contributed by atoms with Crippen LogP contribution in [-0.2, 0) is 0 Å². The summed E-state index contributed by atoms with van der Waals surface area (Å²) in [6.07, 6.45) is 0. The van der Waals surface area contributed by atoms with Crippen LogP contribution in [0.1, 0.15) is 33.2 Å². The first-order valence-electron chi connectivity index (χ1n) is 6.88. The summed E-state index contributed by atoms with van der Waals surface area (Å²) in [5.41, 5.74) is 11.7. The number of thiophene rings is 1. The molecule has 0 aliphatic heterocycles. The second-order valence-electron chi connectivity index (χ2n) is 5.48. The van der Waals surface area contributed by atoms with Gasteiger partial charge in [0.2, 0.25) is 0 Å². The molecule has 102 valence electrons. The van der Waals surface area contributed by atoms with Crippen molar-refractivity contribution in [2.75, 3.05) is 0 Å². The predicted molar refractivity (Wildman–Crippen MR) is 88.5 cm³/mol. The van der Waals surface area contributed by atoms with Crippen molar-refractivity contribution in [3.05, 3.63) is 69.6 Å². The standard InChI is InChI=1S/C18H19NS/c1-11-8-12(2)17(13(3)9-11)18(19)16-10-14-6-4-5-7-15(14)20-16/h4-10,18H,19H2,1-3H3. The zero-order valence-corrected chi connectivity index (χ0v) is 12.9. The molecule has 0 saturated carbocycles. The lowest BCUT2D eigenvalue weighted by Crippen LogP contribution is -2.13. The summed E-state index contributed by atoms with van der Waals surface area (Å²) in [5.74, 6) is 0. The van der Waals surface area contributed by atoms with Gasteiger partial charge in [0.15, 0.2) is 0 Å². The van der Waals surface area contributed by atoms with Crippen molar-refractivity contribution in [1.82, 2.24) is 0 Å². The highest BCUT2D eigenvalue weighted by Gasteiger charge is 2.16. The molecule has 1 unspecified atom stereocenters. The maximum Gasteiger partial charge on any atom is 0.0651 e. The maximum atomic E-state index is 6.54. The van der Waals surface area contributed by atoms with E-state index in [1.807, 2.05) is 0 Å². The van der Waals surface area contributed by atoms with Crippen LogP contribution < -0.4 is 5.73 Å². The molecule has 0 amide bonds. The monoisotopic (exact) mass is 281 g/mol. The Morgan fingerprint density at radius 3 is 2.25 bits per heavy atom. The predicted octanol–water partition coefficient (Wildman–Crippen LogP) is 4.87. The molecule has 1 heterocycles. The quantitative estimate of drug-likeness (QED) is 0.712. The number of hydrogen-bond donors (Lipinski definition) is 1. The summed E-state index contributed by atoms with van der Waals surface area (Å²) in [6.45, 7) is 6.44. The van der Waals surface area contributed by atoms with Gasteiger partial charge in [0.25, 0.3) is 0 Å². The van der Waals surface area contributed by atoms with Gasteiger partial charge >= 0.3 is 0 Å². The first-order chi connectivity index (χ1) is 9.56. The summed E-state index contributed by atoms with van der Waals surface area (Å²) in [5, 5.41) is 1.28. The van der Waals surface area contributed by atoms with E-state index in [2.05, 4.69) is 63.2 Å². The van der Waals surface area contributed by atoms with Crippen LogP contribution in [0.15, 0.2) is 42.5 Å². The van der Waals surface area contributed by atoms with E-state index in [4.69, 9.17) is 5.73 Å². The molecule has 0 saturated heterocycles. The average molecular weight is 281 g/mol. The highest BCUT2D eigenvalue weighted by atomic mass is 32.1. The molecule has 2 heteroatoms. The van der Waals surface area contributed by atoms with Gasteiger partial charge in [0.1, 0.15) is 0 Å². The molecule has 3 rings (SSSR count). The smallest absolute Gasteiger partial charge is 0.0651 e. The molecule has 1 nitrogen and oxygen atoms in total. The van der Waals surface area contributed by atoms with Crippen molar-refractivity contribution in [2.24, 2.45) is 5.73 Å². The Hall–Kier alpha value is -1.64. The minimum Gasteiger partial charge on any atom is -0.320 e. The summed E-state index contributed by atoms with van der Waals surface area (Å²) in [7, 11) is 0. The first-order valence-corrected chi connectivity index (χ1v) is 7.69. The minimum absolute atomic E-state index is 0.0343. The summed E-state index contributed by atoms with van der Waals surface area (Å²) in [4.78, 5) is 1.24. The number of fused-ring (bicyclic) bond motifs is 1. The van der Waals surface area contributed by atoms with E-state index < -0.39 is 0 Å². The molecule has 1 atom stereocenters. The SMILES string of the molecule is Cc1cc(C)c(C(N)c2cc3ccccc3s2)c(C)c1. The Morgan fingerprint density at radius 2 is 1.60 bits per heavy atom. The van der Waals surface area contributed by atoms with E-state index in [1.165, 1.54) is 37.2 Å². The van der Waals surface area contributed by atoms with Crippen molar-refractivity contribution in [2.45, 2.75) is 26.8 Å². The molecule has 0 fully saturated rings. The highest BCUT2D eigenvalue weighted by Crippen LogP contribution is 2.34. The van der Waals surface area contributed by atoms with Gasteiger partial charge in [-0.3, -0.25) is 0 Å². The number of aryl methyl sites for hydroxylation is 3. The molecule has 1 aromatic heterocycles. The molecule has 0 aliphatic rings. The molecule has 0 aliphatic carbocycles. The summed E-state index contributed by atoms with van der Waals surface area (Å²) < 4.78 is 1.31. The van der Waals surface area contributed by atoms with E-state index >= 15 is 0 Å². The fourth-order valence-corrected chi connectivity index (χ4v) is 4.06. The van der Waals surface area contributed by atoms with Gasteiger partial charge in [-0.25, -0.2) is 0 Å². The van der Waals surface area contributed by atoms with Gasteiger partial charge < -0.3 is 5.73 Å². The van der Waals surface area contributed by atoms with E-state index in [-0.39, 0.29) is 6.04 Å².